The van der Waals surface area contributed by atoms with Crippen molar-refractivity contribution >= 4 is 0 Å². The molecule has 2 aliphatic heterocycles. The maximum atomic E-state index is 12.0. The van der Waals surface area contributed by atoms with Gasteiger partial charge in [0, 0.05) is 24.8 Å². The molecule has 1 aromatic heterocycles. The number of H-pyrrole nitrogens is 1. The summed E-state index contributed by atoms with van der Waals surface area (Å²) in [7, 11) is 0. The number of nitrogens with zero attached hydrogens (tertiary/aromatic N) is 2. The molecular formula is C14H17N3O4. The van der Waals surface area contributed by atoms with Crippen molar-refractivity contribution in [1.82, 2.24) is 9.55 Å². The summed E-state index contributed by atoms with van der Waals surface area (Å²) in [4.78, 5) is 26.2. The molecule has 1 spiro atoms. The van der Waals surface area contributed by atoms with Gasteiger partial charge in [0.1, 0.15) is 11.6 Å². The summed E-state index contributed by atoms with van der Waals surface area (Å²) in [6, 6.07) is 1.78. The van der Waals surface area contributed by atoms with Crippen LogP contribution in [0.1, 0.15) is 24.8 Å². The second kappa shape index (κ2) is 5.47. The third-order valence-corrected chi connectivity index (χ3v) is 4.41. The molecule has 1 unspecified atom stereocenters. The summed E-state index contributed by atoms with van der Waals surface area (Å²) in [5.41, 5.74) is -1.01. The van der Waals surface area contributed by atoms with Gasteiger partial charge in [-0.1, -0.05) is 0 Å². The zero-order valence-corrected chi connectivity index (χ0v) is 11.6. The number of aromatic amines is 1. The topological polar surface area (TPSA) is 97.1 Å². The molecule has 1 aromatic rings. The third kappa shape index (κ3) is 2.64. The van der Waals surface area contributed by atoms with Crippen molar-refractivity contribution in [3.63, 3.8) is 0 Å². The Bertz CT molecular complexity index is 679. The van der Waals surface area contributed by atoms with Crippen molar-refractivity contribution in [3.8, 4) is 6.07 Å². The van der Waals surface area contributed by atoms with E-state index in [0.717, 1.165) is 43.2 Å². The molecule has 0 aliphatic carbocycles. The average molecular weight is 291 g/mol. The summed E-state index contributed by atoms with van der Waals surface area (Å²) in [5.74, 6) is 0. The largest absolute Gasteiger partial charge is 0.381 e. The number of aromatic nitrogens is 2. The monoisotopic (exact) mass is 291 g/mol. The smallest absolute Gasteiger partial charge is 0.328 e. The Hall–Kier alpha value is -1.91. The van der Waals surface area contributed by atoms with Crippen LogP contribution in [0, 0.1) is 16.7 Å². The summed E-state index contributed by atoms with van der Waals surface area (Å²) in [6.07, 6.45) is 3.70. The van der Waals surface area contributed by atoms with Gasteiger partial charge in [-0.15, -0.1) is 0 Å². The fourth-order valence-corrected chi connectivity index (χ4v) is 3.13. The lowest BCUT2D eigenvalue weighted by Crippen LogP contribution is -2.39. The number of rotatable bonds is 2. The van der Waals surface area contributed by atoms with E-state index in [1.54, 1.807) is 6.07 Å². The molecule has 0 amide bonds. The Kier molecular flexibility index (Phi) is 3.66. The molecular weight excluding hydrogens is 274 g/mol. The van der Waals surface area contributed by atoms with E-state index in [9.17, 15) is 9.59 Å². The molecule has 2 aliphatic rings. The molecule has 1 atom stereocenters. The maximum absolute atomic E-state index is 12.0. The predicted octanol–water partition coefficient (Wildman–Crippen LogP) is -0.00602. The van der Waals surface area contributed by atoms with Crippen molar-refractivity contribution in [2.75, 3.05) is 19.8 Å². The van der Waals surface area contributed by atoms with Gasteiger partial charge in [0.25, 0.3) is 5.56 Å². The van der Waals surface area contributed by atoms with Gasteiger partial charge < -0.3 is 14.5 Å². The Morgan fingerprint density at radius 2 is 2.19 bits per heavy atom. The molecule has 1 N–H and O–H groups in total. The lowest BCUT2D eigenvalue weighted by molar-refractivity contribution is 0.00639. The highest BCUT2D eigenvalue weighted by atomic mass is 16.5. The number of hydrogen-bond acceptors (Lipinski definition) is 5. The van der Waals surface area contributed by atoms with Crippen LogP contribution >= 0.6 is 0 Å². The SMILES string of the molecule is N#Cc1c[nH]c(=O)n(CC2CC3(CCOCC3)CO2)c1=O. The first kappa shape index (κ1) is 14.0. The van der Waals surface area contributed by atoms with Gasteiger partial charge in [0.15, 0.2) is 0 Å². The zero-order valence-electron chi connectivity index (χ0n) is 11.6. The lowest BCUT2D eigenvalue weighted by atomic mass is 9.78. The standard InChI is InChI=1S/C14H17N3O4/c15-6-10-7-16-13(19)17(12(10)18)8-11-5-14(9-21-11)1-3-20-4-2-14/h7,11H,1-5,8-9H2,(H,16,19). The lowest BCUT2D eigenvalue weighted by Gasteiger charge is -2.31. The highest BCUT2D eigenvalue weighted by Crippen LogP contribution is 2.41. The number of nitriles is 1. The van der Waals surface area contributed by atoms with Crippen LogP contribution in [-0.2, 0) is 16.0 Å². The highest BCUT2D eigenvalue weighted by Gasteiger charge is 2.41. The van der Waals surface area contributed by atoms with Crippen LogP contribution in [0.4, 0.5) is 0 Å². The minimum Gasteiger partial charge on any atom is -0.381 e. The van der Waals surface area contributed by atoms with E-state index < -0.39 is 11.2 Å². The molecule has 3 rings (SSSR count). The molecule has 2 saturated heterocycles. The normalized spacial score (nSPS) is 24.0. The van der Waals surface area contributed by atoms with Crippen LogP contribution in [0.2, 0.25) is 0 Å². The Morgan fingerprint density at radius 1 is 1.43 bits per heavy atom. The van der Waals surface area contributed by atoms with E-state index in [1.165, 1.54) is 0 Å². The van der Waals surface area contributed by atoms with Gasteiger partial charge in [-0.25, -0.2) is 4.79 Å². The van der Waals surface area contributed by atoms with E-state index in [2.05, 4.69) is 4.98 Å². The average Bonchev–Trinajstić information content (AvgIpc) is 2.87. The molecule has 3 heterocycles. The number of ether oxygens (including phenoxy) is 2. The van der Waals surface area contributed by atoms with Gasteiger partial charge in [0.05, 0.1) is 19.3 Å². The second-order valence-electron chi connectivity index (χ2n) is 5.78. The first-order chi connectivity index (χ1) is 10.1. The fourth-order valence-electron chi connectivity index (χ4n) is 3.13. The van der Waals surface area contributed by atoms with Crippen LogP contribution in [0.25, 0.3) is 0 Å². The molecule has 0 radical (unpaired) electrons. The molecule has 2 fully saturated rings. The van der Waals surface area contributed by atoms with E-state index in [0.29, 0.717) is 6.61 Å². The van der Waals surface area contributed by atoms with E-state index in [-0.39, 0.29) is 23.6 Å². The van der Waals surface area contributed by atoms with Crippen LogP contribution in [0.15, 0.2) is 15.8 Å². The first-order valence-electron chi connectivity index (χ1n) is 7.06. The number of hydrogen-bond donors (Lipinski definition) is 1. The quantitative estimate of drug-likeness (QED) is 0.827. The molecule has 7 nitrogen and oxygen atoms in total. The third-order valence-electron chi connectivity index (χ3n) is 4.41. The second-order valence-corrected chi connectivity index (χ2v) is 5.78. The van der Waals surface area contributed by atoms with Crippen LogP contribution in [0.3, 0.4) is 0 Å². The van der Waals surface area contributed by atoms with Crippen molar-refractivity contribution in [2.45, 2.75) is 31.9 Å². The van der Waals surface area contributed by atoms with Gasteiger partial charge in [0.2, 0.25) is 0 Å². The van der Waals surface area contributed by atoms with Gasteiger partial charge in [-0.2, -0.15) is 5.26 Å². The molecule has 21 heavy (non-hydrogen) atoms. The van der Waals surface area contributed by atoms with Crippen LogP contribution in [-0.4, -0.2) is 35.5 Å². The fraction of sp³-hybridized carbons (Fsp3) is 0.643. The summed E-state index contributed by atoms with van der Waals surface area (Å²) >= 11 is 0. The van der Waals surface area contributed by atoms with Gasteiger partial charge in [-0.3, -0.25) is 9.36 Å². The Labute approximate surface area is 121 Å². The highest BCUT2D eigenvalue weighted by molar-refractivity contribution is 5.21. The van der Waals surface area contributed by atoms with Crippen molar-refractivity contribution < 1.29 is 9.47 Å². The first-order valence-corrected chi connectivity index (χ1v) is 7.06. The van der Waals surface area contributed by atoms with Gasteiger partial charge >= 0.3 is 5.69 Å². The molecule has 0 aromatic carbocycles. The Morgan fingerprint density at radius 3 is 2.90 bits per heavy atom. The maximum Gasteiger partial charge on any atom is 0.328 e. The van der Waals surface area contributed by atoms with Crippen molar-refractivity contribution in [3.05, 3.63) is 32.6 Å². The minimum atomic E-state index is -0.558. The van der Waals surface area contributed by atoms with Crippen molar-refractivity contribution in [1.29, 1.82) is 5.26 Å². The minimum absolute atomic E-state index is 0.0617. The summed E-state index contributed by atoms with van der Waals surface area (Å²) in [6.45, 7) is 2.30. The summed E-state index contributed by atoms with van der Waals surface area (Å²) < 4.78 is 12.2. The molecule has 7 heteroatoms. The van der Waals surface area contributed by atoms with E-state index in [4.69, 9.17) is 14.7 Å². The van der Waals surface area contributed by atoms with E-state index >= 15 is 0 Å². The number of nitrogens with one attached hydrogen (secondary N) is 1. The van der Waals surface area contributed by atoms with Gasteiger partial charge in [-0.05, 0) is 19.3 Å². The molecule has 0 bridgehead atoms. The van der Waals surface area contributed by atoms with Crippen LogP contribution < -0.4 is 11.2 Å². The molecule has 112 valence electrons. The van der Waals surface area contributed by atoms with E-state index in [1.807, 2.05) is 0 Å². The molecule has 0 saturated carbocycles. The van der Waals surface area contributed by atoms with Crippen molar-refractivity contribution in [2.24, 2.45) is 5.41 Å². The zero-order chi connectivity index (χ0) is 14.9. The Balaban J connectivity index is 1.78. The summed E-state index contributed by atoms with van der Waals surface area (Å²) in [5, 5.41) is 8.86. The predicted molar refractivity (Wildman–Crippen MR) is 72.9 cm³/mol. The van der Waals surface area contributed by atoms with Crippen LogP contribution in [0.5, 0.6) is 0 Å².